The molecular weight excluding hydrogens is 508 g/mol. The molecule has 1 heterocycles. The highest BCUT2D eigenvalue weighted by molar-refractivity contribution is 9.10. The Morgan fingerprint density at radius 2 is 1.52 bits per heavy atom. The van der Waals surface area contributed by atoms with Gasteiger partial charge in [0.15, 0.2) is 0 Å². The van der Waals surface area contributed by atoms with Gasteiger partial charge < -0.3 is 10.1 Å². The second-order valence-electron chi connectivity index (χ2n) is 7.53. The maximum atomic E-state index is 13.0. The van der Waals surface area contributed by atoms with Crippen molar-refractivity contribution in [3.63, 3.8) is 0 Å². The number of nitrogens with zero attached hydrogens (tertiary/aromatic N) is 1. The molecule has 4 rings (SSSR count). The van der Waals surface area contributed by atoms with Gasteiger partial charge in [-0.15, -0.1) is 0 Å². The van der Waals surface area contributed by atoms with Gasteiger partial charge in [0.05, 0.1) is 11.3 Å². The average molecular weight is 526 g/mol. The predicted octanol–water partition coefficient (Wildman–Crippen LogP) is 5.72. The van der Waals surface area contributed by atoms with Crippen molar-refractivity contribution in [2.75, 3.05) is 10.2 Å². The molecule has 0 saturated carbocycles. The minimum atomic E-state index is -0.594. The van der Waals surface area contributed by atoms with Crippen LogP contribution in [0.5, 0.6) is 5.75 Å². The van der Waals surface area contributed by atoms with Gasteiger partial charge in [-0.3, -0.25) is 9.59 Å². The standard InChI is InChI=1S/C25H18BrClN2O4/c1-14-11-15(2)13-19(12-14)29-23(30)21(27)22(24(29)31)28-18-7-3-16(4-8-18)25(32)33-20-9-5-17(26)6-10-20/h3-13,28H,1-2H3. The molecular formula is C25H18BrClN2O4. The molecule has 3 aromatic rings. The Labute approximate surface area is 203 Å². The molecule has 1 aliphatic heterocycles. The summed E-state index contributed by atoms with van der Waals surface area (Å²) in [7, 11) is 0. The van der Waals surface area contributed by atoms with Crippen LogP contribution in [0, 0.1) is 13.8 Å². The molecule has 166 valence electrons. The largest absolute Gasteiger partial charge is 0.423 e. The number of anilines is 2. The van der Waals surface area contributed by atoms with E-state index >= 15 is 0 Å². The number of hydrogen-bond acceptors (Lipinski definition) is 5. The number of rotatable bonds is 5. The normalized spacial score (nSPS) is 13.5. The minimum Gasteiger partial charge on any atom is -0.423 e. The van der Waals surface area contributed by atoms with Crippen molar-refractivity contribution in [1.29, 1.82) is 0 Å². The number of hydrogen-bond donors (Lipinski definition) is 1. The van der Waals surface area contributed by atoms with Crippen LogP contribution < -0.4 is 15.0 Å². The molecule has 0 spiro atoms. The molecule has 0 atom stereocenters. The van der Waals surface area contributed by atoms with Crippen molar-refractivity contribution < 1.29 is 19.1 Å². The van der Waals surface area contributed by atoms with E-state index in [0.717, 1.165) is 20.5 Å². The number of halogens is 2. The summed E-state index contributed by atoms with van der Waals surface area (Å²) < 4.78 is 6.22. The van der Waals surface area contributed by atoms with E-state index in [1.807, 2.05) is 19.9 Å². The number of benzene rings is 3. The molecule has 0 bridgehead atoms. The highest BCUT2D eigenvalue weighted by atomic mass is 79.9. The van der Waals surface area contributed by atoms with Gasteiger partial charge in [-0.25, -0.2) is 9.69 Å². The monoisotopic (exact) mass is 524 g/mol. The molecule has 0 saturated heterocycles. The Kier molecular flexibility index (Phi) is 6.35. The van der Waals surface area contributed by atoms with Gasteiger partial charge in [-0.1, -0.05) is 33.6 Å². The van der Waals surface area contributed by atoms with Gasteiger partial charge in [-0.2, -0.15) is 0 Å². The number of carbonyl (C=O) groups is 3. The van der Waals surface area contributed by atoms with Gasteiger partial charge >= 0.3 is 5.97 Å². The number of aryl methyl sites for hydroxylation is 2. The third kappa shape index (κ3) is 4.84. The van der Waals surface area contributed by atoms with Crippen LogP contribution in [-0.2, 0) is 9.59 Å². The first-order chi connectivity index (χ1) is 15.7. The first-order valence-electron chi connectivity index (χ1n) is 9.94. The molecule has 1 aliphatic rings. The van der Waals surface area contributed by atoms with E-state index in [4.69, 9.17) is 16.3 Å². The maximum absolute atomic E-state index is 13.0. The Bertz CT molecular complexity index is 1280. The number of esters is 1. The molecule has 8 heteroatoms. The Morgan fingerprint density at radius 3 is 2.12 bits per heavy atom. The topological polar surface area (TPSA) is 75.7 Å². The molecule has 0 aliphatic carbocycles. The molecule has 0 aromatic heterocycles. The van der Waals surface area contributed by atoms with Gasteiger partial charge in [0.2, 0.25) is 0 Å². The molecule has 6 nitrogen and oxygen atoms in total. The highest BCUT2D eigenvalue weighted by Gasteiger charge is 2.39. The second-order valence-corrected chi connectivity index (χ2v) is 8.82. The number of carbonyl (C=O) groups excluding carboxylic acids is 3. The lowest BCUT2D eigenvalue weighted by Gasteiger charge is -2.16. The summed E-state index contributed by atoms with van der Waals surface area (Å²) in [5.74, 6) is -1.24. The SMILES string of the molecule is Cc1cc(C)cc(N2C(=O)C(Cl)=C(Nc3ccc(C(=O)Oc4ccc(Br)cc4)cc3)C2=O)c1. The molecule has 2 amide bonds. The fraction of sp³-hybridized carbons (Fsp3) is 0.0800. The lowest BCUT2D eigenvalue weighted by Crippen LogP contribution is -2.32. The Morgan fingerprint density at radius 1 is 0.909 bits per heavy atom. The lowest BCUT2D eigenvalue weighted by molar-refractivity contribution is -0.120. The van der Waals surface area contributed by atoms with Crippen LogP contribution in [0.1, 0.15) is 21.5 Å². The quantitative estimate of drug-likeness (QED) is 0.262. The van der Waals surface area contributed by atoms with Gasteiger partial charge in [0, 0.05) is 10.2 Å². The minimum absolute atomic E-state index is 0.0222. The number of nitrogens with one attached hydrogen (secondary N) is 1. The molecule has 3 aromatic carbocycles. The third-order valence-corrected chi connectivity index (χ3v) is 5.79. The van der Waals surface area contributed by atoms with Crippen LogP contribution in [0.15, 0.2) is 81.9 Å². The van der Waals surface area contributed by atoms with E-state index in [1.54, 1.807) is 60.7 Å². The van der Waals surface area contributed by atoms with Crippen LogP contribution in [0.3, 0.4) is 0 Å². The van der Waals surface area contributed by atoms with Crippen molar-refractivity contribution in [2.24, 2.45) is 0 Å². The third-order valence-electron chi connectivity index (χ3n) is 4.91. The Hall–Kier alpha value is -3.42. The van der Waals surface area contributed by atoms with E-state index in [1.165, 1.54) is 0 Å². The molecule has 1 N–H and O–H groups in total. The van der Waals surface area contributed by atoms with Crippen molar-refractivity contribution in [2.45, 2.75) is 13.8 Å². The fourth-order valence-electron chi connectivity index (χ4n) is 3.43. The summed E-state index contributed by atoms with van der Waals surface area (Å²) in [5.41, 5.74) is 3.11. The zero-order chi connectivity index (χ0) is 23.7. The van der Waals surface area contributed by atoms with E-state index in [2.05, 4.69) is 21.2 Å². The van der Waals surface area contributed by atoms with Gasteiger partial charge in [0.25, 0.3) is 11.8 Å². The van der Waals surface area contributed by atoms with Crippen LogP contribution in [0.2, 0.25) is 0 Å². The molecule has 0 unspecified atom stereocenters. The second kappa shape index (κ2) is 9.21. The van der Waals surface area contributed by atoms with Crippen molar-refractivity contribution in [3.8, 4) is 5.75 Å². The van der Waals surface area contributed by atoms with Crippen molar-refractivity contribution in [3.05, 3.63) is 98.6 Å². The van der Waals surface area contributed by atoms with E-state index in [-0.39, 0.29) is 10.7 Å². The maximum Gasteiger partial charge on any atom is 0.343 e. The smallest absolute Gasteiger partial charge is 0.343 e. The summed E-state index contributed by atoms with van der Waals surface area (Å²) in [6.07, 6.45) is 0. The van der Waals surface area contributed by atoms with E-state index < -0.39 is 17.8 Å². The van der Waals surface area contributed by atoms with Gasteiger partial charge in [0.1, 0.15) is 16.5 Å². The van der Waals surface area contributed by atoms with Crippen LogP contribution in [-0.4, -0.2) is 17.8 Å². The lowest BCUT2D eigenvalue weighted by atomic mass is 10.1. The highest BCUT2D eigenvalue weighted by Crippen LogP contribution is 2.31. The first kappa shape index (κ1) is 22.8. The summed E-state index contributed by atoms with van der Waals surface area (Å²) in [6.45, 7) is 3.78. The summed E-state index contributed by atoms with van der Waals surface area (Å²) >= 11 is 9.54. The first-order valence-corrected chi connectivity index (χ1v) is 11.1. The summed E-state index contributed by atoms with van der Waals surface area (Å²) in [4.78, 5) is 39.1. The van der Waals surface area contributed by atoms with Crippen LogP contribution in [0.25, 0.3) is 0 Å². The zero-order valence-electron chi connectivity index (χ0n) is 17.7. The van der Waals surface area contributed by atoms with E-state index in [9.17, 15) is 14.4 Å². The zero-order valence-corrected chi connectivity index (χ0v) is 20.0. The van der Waals surface area contributed by atoms with E-state index in [0.29, 0.717) is 22.7 Å². The molecule has 33 heavy (non-hydrogen) atoms. The van der Waals surface area contributed by atoms with Crippen LogP contribution in [0.4, 0.5) is 11.4 Å². The van der Waals surface area contributed by atoms with Crippen molar-refractivity contribution >= 4 is 56.7 Å². The number of amides is 2. The van der Waals surface area contributed by atoms with Crippen molar-refractivity contribution in [1.82, 2.24) is 0 Å². The number of ether oxygens (including phenoxy) is 1. The van der Waals surface area contributed by atoms with Gasteiger partial charge in [-0.05, 0) is 85.6 Å². The Balaban J connectivity index is 1.49. The predicted molar refractivity (Wildman–Crippen MR) is 130 cm³/mol. The molecule has 0 fully saturated rings. The molecule has 0 radical (unpaired) electrons. The average Bonchev–Trinajstić information content (AvgIpc) is 2.98. The summed E-state index contributed by atoms with van der Waals surface area (Å²) in [5, 5.41) is 2.70. The summed E-state index contributed by atoms with van der Waals surface area (Å²) in [6, 6.07) is 18.7. The fourth-order valence-corrected chi connectivity index (χ4v) is 3.91. The number of imide groups is 1. The van der Waals surface area contributed by atoms with Crippen LogP contribution >= 0.6 is 27.5 Å².